The molecule has 1 aliphatic heterocycles. The maximum absolute atomic E-state index is 4.62. The van der Waals surface area contributed by atoms with Crippen molar-refractivity contribution in [2.75, 3.05) is 25.0 Å². The van der Waals surface area contributed by atoms with Crippen LogP contribution in [0, 0.1) is 5.41 Å². The minimum Gasteiger partial charge on any atom is -0.356 e. The van der Waals surface area contributed by atoms with Crippen molar-refractivity contribution in [1.29, 1.82) is 0 Å². The van der Waals surface area contributed by atoms with E-state index in [0.29, 0.717) is 11.5 Å². The van der Waals surface area contributed by atoms with Crippen LogP contribution in [0.3, 0.4) is 0 Å². The standard InChI is InChI=1S/C15H25N3/c1-12(16-4)13-6-7-14(17-10-13)18-9-5-8-15(2,3)11-18/h6-7,10,12,16H,5,8-9,11H2,1-4H3. The van der Waals surface area contributed by atoms with Gasteiger partial charge in [0.2, 0.25) is 0 Å². The van der Waals surface area contributed by atoms with Gasteiger partial charge < -0.3 is 10.2 Å². The molecule has 0 saturated carbocycles. The number of nitrogens with one attached hydrogen (secondary N) is 1. The first-order chi connectivity index (χ1) is 8.52. The Morgan fingerprint density at radius 3 is 2.72 bits per heavy atom. The average Bonchev–Trinajstić information content (AvgIpc) is 2.37. The Bertz CT molecular complexity index is 383. The van der Waals surface area contributed by atoms with E-state index < -0.39 is 0 Å². The van der Waals surface area contributed by atoms with Gasteiger partial charge in [-0.2, -0.15) is 0 Å². The fraction of sp³-hybridized carbons (Fsp3) is 0.667. The Morgan fingerprint density at radius 1 is 1.39 bits per heavy atom. The van der Waals surface area contributed by atoms with Crippen LogP contribution < -0.4 is 10.2 Å². The summed E-state index contributed by atoms with van der Waals surface area (Å²) in [6.45, 7) is 9.09. The largest absolute Gasteiger partial charge is 0.356 e. The van der Waals surface area contributed by atoms with Crippen molar-refractivity contribution in [1.82, 2.24) is 10.3 Å². The molecule has 0 radical (unpaired) electrons. The van der Waals surface area contributed by atoms with Gasteiger partial charge in [-0.1, -0.05) is 19.9 Å². The zero-order chi connectivity index (χ0) is 13.2. The molecule has 3 nitrogen and oxygen atoms in total. The average molecular weight is 247 g/mol. The van der Waals surface area contributed by atoms with Crippen molar-refractivity contribution in [2.45, 2.75) is 39.7 Å². The highest BCUT2D eigenvalue weighted by Gasteiger charge is 2.26. The second-order valence-electron chi connectivity index (χ2n) is 6.15. The number of aromatic nitrogens is 1. The number of nitrogens with zero attached hydrogens (tertiary/aromatic N) is 2. The second-order valence-corrected chi connectivity index (χ2v) is 6.15. The van der Waals surface area contributed by atoms with E-state index >= 15 is 0 Å². The lowest BCUT2D eigenvalue weighted by Crippen LogP contribution is -2.40. The van der Waals surface area contributed by atoms with E-state index in [9.17, 15) is 0 Å². The van der Waals surface area contributed by atoms with Gasteiger partial charge in [0.05, 0.1) is 0 Å². The van der Waals surface area contributed by atoms with Crippen LogP contribution >= 0.6 is 0 Å². The van der Waals surface area contributed by atoms with Crippen molar-refractivity contribution in [3.05, 3.63) is 23.9 Å². The summed E-state index contributed by atoms with van der Waals surface area (Å²) in [6, 6.07) is 4.71. The Hall–Kier alpha value is -1.09. The Balaban J connectivity index is 2.09. The molecule has 0 aromatic carbocycles. The SMILES string of the molecule is CNC(C)c1ccc(N2CCCC(C)(C)C2)nc1. The summed E-state index contributed by atoms with van der Waals surface area (Å²) in [5, 5.41) is 3.24. The van der Waals surface area contributed by atoms with Crippen LogP contribution in [0.15, 0.2) is 18.3 Å². The van der Waals surface area contributed by atoms with Gasteiger partial charge in [-0.3, -0.25) is 0 Å². The van der Waals surface area contributed by atoms with Crippen LogP contribution in [0.1, 0.15) is 45.2 Å². The van der Waals surface area contributed by atoms with E-state index in [2.05, 4.69) is 48.1 Å². The van der Waals surface area contributed by atoms with E-state index in [1.807, 2.05) is 13.2 Å². The third-order valence-corrected chi connectivity index (χ3v) is 3.93. The Kier molecular flexibility index (Phi) is 3.91. The first-order valence-corrected chi connectivity index (χ1v) is 6.90. The smallest absolute Gasteiger partial charge is 0.128 e. The number of hydrogen-bond donors (Lipinski definition) is 1. The molecule has 0 spiro atoms. The maximum atomic E-state index is 4.62. The summed E-state index contributed by atoms with van der Waals surface area (Å²) in [5.41, 5.74) is 1.66. The zero-order valence-electron chi connectivity index (χ0n) is 12.0. The van der Waals surface area contributed by atoms with Gasteiger partial charge in [-0.25, -0.2) is 4.98 Å². The molecule has 1 aromatic rings. The van der Waals surface area contributed by atoms with Gasteiger partial charge in [0.1, 0.15) is 5.82 Å². The minimum absolute atomic E-state index is 0.365. The lowest BCUT2D eigenvalue weighted by atomic mass is 9.84. The first kappa shape index (κ1) is 13.3. The highest BCUT2D eigenvalue weighted by molar-refractivity contribution is 5.40. The van der Waals surface area contributed by atoms with Crippen LogP contribution in [-0.4, -0.2) is 25.1 Å². The monoisotopic (exact) mass is 247 g/mol. The van der Waals surface area contributed by atoms with Crippen LogP contribution in [0.25, 0.3) is 0 Å². The number of piperidine rings is 1. The molecule has 18 heavy (non-hydrogen) atoms. The van der Waals surface area contributed by atoms with E-state index in [-0.39, 0.29) is 0 Å². The molecule has 0 amide bonds. The summed E-state index contributed by atoms with van der Waals surface area (Å²) < 4.78 is 0. The molecule has 0 aliphatic carbocycles. The molecule has 1 aliphatic rings. The van der Waals surface area contributed by atoms with Crippen molar-refractivity contribution >= 4 is 5.82 Å². The van der Waals surface area contributed by atoms with Crippen molar-refractivity contribution in [3.8, 4) is 0 Å². The molecule has 1 unspecified atom stereocenters. The van der Waals surface area contributed by atoms with Crippen LogP contribution in [0.2, 0.25) is 0 Å². The Morgan fingerprint density at radius 2 is 2.17 bits per heavy atom. The molecule has 100 valence electrons. The van der Waals surface area contributed by atoms with Gasteiger partial charge in [0.25, 0.3) is 0 Å². The molecule has 1 saturated heterocycles. The van der Waals surface area contributed by atoms with Gasteiger partial charge in [0, 0.05) is 25.3 Å². The lowest BCUT2D eigenvalue weighted by Gasteiger charge is -2.38. The van der Waals surface area contributed by atoms with Crippen molar-refractivity contribution < 1.29 is 0 Å². The predicted octanol–water partition coefficient (Wildman–Crippen LogP) is 2.99. The minimum atomic E-state index is 0.365. The topological polar surface area (TPSA) is 28.2 Å². The number of hydrogen-bond acceptors (Lipinski definition) is 3. The highest BCUT2D eigenvalue weighted by atomic mass is 15.2. The van der Waals surface area contributed by atoms with E-state index in [0.717, 1.165) is 18.9 Å². The van der Waals surface area contributed by atoms with Crippen LogP contribution in [0.5, 0.6) is 0 Å². The van der Waals surface area contributed by atoms with Gasteiger partial charge in [0.15, 0.2) is 0 Å². The zero-order valence-corrected chi connectivity index (χ0v) is 12.0. The second kappa shape index (κ2) is 5.27. The van der Waals surface area contributed by atoms with Gasteiger partial charge in [-0.15, -0.1) is 0 Å². The maximum Gasteiger partial charge on any atom is 0.128 e. The quantitative estimate of drug-likeness (QED) is 0.890. The Labute approximate surface area is 111 Å². The number of rotatable bonds is 3. The molecule has 1 N–H and O–H groups in total. The van der Waals surface area contributed by atoms with Crippen molar-refractivity contribution in [2.24, 2.45) is 5.41 Å². The van der Waals surface area contributed by atoms with Crippen LogP contribution in [-0.2, 0) is 0 Å². The normalized spacial score (nSPS) is 20.8. The van der Waals surface area contributed by atoms with E-state index in [4.69, 9.17) is 0 Å². The fourth-order valence-electron chi connectivity index (χ4n) is 2.63. The predicted molar refractivity (Wildman–Crippen MR) is 76.9 cm³/mol. The molecule has 1 atom stereocenters. The lowest BCUT2D eigenvalue weighted by molar-refractivity contribution is 0.292. The summed E-state index contributed by atoms with van der Waals surface area (Å²) in [6.07, 6.45) is 4.58. The van der Waals surface area contributed by atoms with Gasteiger partial charge >= 0.3 is 0 Å². The molecule has 2 rings (SSSR count). The van der Waals surface area contributed by atoms with E-state index in [1.165, 1.54) is 18.4 Å². The molecule has 0 bridgehead atoms. The molecular weight excluding hydrogens is 222 g/mol. The first-order valence-electron chi connectivity index (χ1n) is 6.90. The third-order valence-electron chi connectivity index (χ3n) is 3.93. The fourth-order valence-corrected chi connectivity index (χ4v) is 2.63. The molecule has 2 heterocycles. The molecular formula is C15H25N3. The number of anilines is 1. The summed E-state index contributed by atoms with van der Waals surface area (Å²) in [5.74, 6) is 1.12. The van der Waals surface area contributed by atoms with Crippen molar-refractivity contribution in [3.63, 3.8) is 0 Å². The van der Waals surface area contributed by atoms with Crippen LogP contribution in [0.4, 0.5) is 5.82 Å². The summed E-state index contributed by atoms with van der Waals surface area (Å²) in [7, 11) is 1.98. The number of pyridine rings is 1. The summed E-state index contributed by atoms with van der Waals surface area (Å²) >= 11 is 0. The highest BCUT2D eigenvalue weighted by Crippen LogP contribution is 2.30. The molecule has 3 heteroatoms. The van der Waals surface area contributed by atoms with Gasteiger partial charge in [-0.05, 0) is 43.9 Å². The molecule has 1 fully saturated rings. The third kappa shape index (κ3) is 3.02. The van der Waals surface area contributed by atoms with E-state index in [1.54, 1.807) is 0 Å². The summed E-state index contributed by atoms with van der Waals surface area (Å²) in [4.78, 5) is 7.04. The molecule has 1 aromatic heterocycles.